The summed E-state index contributed by atoms with van der Waals surface area (Å²) < 4.78 is 0. The smallest absolute Gasteiger partial charge is 0.277 e. The van der Waals surface area contributed by atoms with Gasteiger partial charge in [0.15, 0.2) is 0 Å². The Balaban J connectivity index is 1.63. The number of carbonyl (C=O) groups is 1. The van der Waals surface area contributed by atoms with E-state index in [1.807, 2.05) is 17.0 Å². The van der Waals surface area contributed by atoms with Crippen molar-refractivity contribution in [3.63, 3.8) is 0 Å². The summed E-state index contributed by atoms with van der Waals surface area (Å²) in [5.74, 6) is 1.55. The van der Waals surface area contributed by atoms with Crippen molar-refractivity contribution in [2.45, 2.75) is 6.42 Å². The van der Waals surface area contributed by atoms with Crippen LogP contribution < -0.4 is 4.90 Å². The highest BCUT2D eigenvalue weighted by Crippen LogP contribution is 2.53. The molecule has 0 radical (unpaired) electrons. The van der Waals surface area contributed by atoms with Crippen LogP contribution in [0.15, 0.2) is 48.6 Å². The van der Waals surface area contributed by atoms with Gasteiger partial charge in [0.2, 0.25) is 5.91 Å². The van der Waals surface area contributed by atoms with Crippen LogP contribution in [0, 0.1) is 33.8 Å². The summed E-state index contributed by atoms with van der Waals surface area (Å²) in [5.41, 5.74) is 0.887. The molecule has 4 atom stereocenters. The lowest BCUT2D eigenvalue weighted by atomic mass is 9.86. The van der Waals surface area contributed by atoms with Crippen molar-refractivity contribution >= 4 is 28.1 Å². The first-order chi connectivity index (χ1) is 11.6. The van der Waals surface area contributed by atoms with Crippen molar-refractivity contribution in [1.82, 2.24) is 0 Å². The lowest BCUT2D eigenvalue weighted by Gasteiger charge is -2.21. The maximum absolute atomic E-state index is 13.0. The average Bonchev–Trinajstić information content (AvgIpc) is 3.27. The average molecular weight is 320 g/mol. The quantitative estimate of drug-likeness (QED) is 0.483. The first-order valence-electron chi connectivity index (χ1n) is 8.31. The highest BCUT2D eigenvalue weighted by molar-refractivity contribution is 6.08. The molecule has 0 unspecified atom stereocenters. The molecule has 1 aliphatic heterocycles. The number of hydrogen-bond acceptors (Lipinski definition) is 3. The van der Waals surface area contributed by atoms with Crippen LogP contribution in [-0.4, -0.2) is 17.4 Å². The highest BCUT2D eigenvalue weighted by Gasteiger charge is 2.54. The van der Waals surface area contributed by atoms with Gasteiger partial charge in [0.1, 0.15) is 0 Å². The lowest BCUT2D eigenvalue weighted by Crippen LogP contribution is -2.29. The van der Waals surface area contributed by atoms with Gasteiger partial charge in [-0.2, -0.15) is 0 Å². The molecule has 5 heteroatoms. The van der Waals surface area contributed by atoms with Crippen molar-refractivity contribution < 1.29 is 9.72 Å². The van der Waals surface area contributed by atoms with Gasteiger partial charge in [-0.15, -0.1) is 0 Å². The molecule has 5 nitrogen and oxygen atoms in total. The maximum Gasteiger partial charge on any atom is 0.277 e. The van der Waals surface area contributed by atoms with Gasteiger partial charge in [0, 0.05) is 23.9 Å². The summed E-state index contributed by atoms with van der Waals surface area (Å²) in [6, 6.07) is 10.5. The summed E-state index contributed by atoms with van der Waals surface area (Å²) in [6.45, 7) is 0.719. The van der Waals surface area contributed by atoms with Crippen molar-refractivity contribution in [1.29, 1.82) is 0 Å². The summed E-state index contributed by atoms with van der Waals surface area (Å²) >= 11 is 0. The Hall–Kier alpha value is -2.69. The van der Waals surface area contributed by atoms with E-state index in [-0.39, 0.29) is 22.4 Å². The molecule has 1 heterocycles. The number of carbonyl (C=O) groups excluding carboxylic acids is 1. The normalized spacial score (nSPS) is 30.3. The van der Waals surface area contributed by atoms with Gasteiger partial charge in [-0.25, -0.2) is 0 Å². The van der Waals surface area contributed by atoms with Gasteiger partial charge in [-0.05, 0) is 36.3 Å². The Bertz CT molecular complexity index is 920. The van der Waals surface area contributed by atoms with E-state index >= 15 is 0 Å². The first kappa shape index (κ1) is 13.7. The van der Waals surface area contributed by atoms with Crippen LogP contribution in [0.4, 0.5) is 11.4 Å². The predicted octanol–water partition coefficient (Wildman–Crippen LogP) is 3.53. The number of non-ortho nitro benzene ring substituents is 1. The number of amides is 1. The minimum Gasteiger partial charge on any atom is -0.311 e. The fraction of sp³-hybridized carbons (Fsp3) is 0.316. The summed E-state index contributed by atoms with van der Waals surface area (Å²) in [5, 5.41) is 12.6. The van der Waals surface area contributed by atoms with Crippen LogP contribution in [0.25, 0.3) is 10.8 Å². The molecule has 2 aromatic rings. The fourth-order valence-electron chi connectivity index (χ4n) is 4.90. The zero-order valence-corrected chi connectivity index (χ0v) is 13.0. The Kier molecular flexibility index (Phi) is 2.66. The predicted molar refractivity (Wildman–Crippen MR) is 90.7 cm³/mol. The van der Waals surface area contributed by atoms with Gasteiger partial charge in [0.25, 0.3) is 5.69 Å². The van der Waals surface area contributed by atoms with E-state index in [4.69, 9.17) is 0 Å². The van der Waals surface area contributed by atoms with Crippen molar-refractivity contribution in [3.05, 3.63) is 58.7 Å². The second-order valence-electron chi connectivity index (χ2n) is 6.99. The second kappa shape index (κ2) is 4.66. The van der Waals surface area contributed by atoms with Crippen LogP contribution in [0.5, 0.6) is 0 Å². The maximum atomic E-state index is 13.0. The standard InChI is InChI=1S/C19H16N2O3/c22-19-18-12-6-5-11(9-12)15(18)10-20(19)16-7-8-17(21(23)24)14-4-2-1-3-13(14)16/h1-8,11-12,15,18H,9-10H2/t11-,12+,15-,18+/m1/s1. The monoisotopic (exact) mass is 320 g/mol. The molecule has 5 rings (SSSR count). The Morgan fingerprint density at radius 2 is 1.79 bits per heavy atom. The zero-order chi connectivity index (χ0) is 16.4. The highest BCUT2D eigenvalue weighted by atomic mass is 16.6. The van der Waals surface area contributed by atoms with E-state index in [1.54, 1.807) is 18.2 Å². The number of nitro groups is 1. The molecule has 1 amide bonds. The van der Waals surface area contributed by atoms with Crippen molar-refractivity contribution in [2.24, 2.45) is 23.7 Å². The van der Waals surface area contributed by atoms with E-state index in [0.29, 0.717) is 23.1 Å². The van der Waals surface area contributed by atoms with Gasteiger partial charge >= 0.3 is 0 Å². The molecule has 0 spiro atoms. The Morgan fingerprint density at radius 3 is 2.54 bits per heavy atom. The minimum absolute atomic E-state index is 0.0860. The summed E-state index contributed by atoms with van der Waals surface area (Å²) in [6.07, 6.45) is 5.56. The molecule has 3 aliphatic rings. The molecular weight excluding hydrogens is 304 g/mol. The number of nitro benzene ring substituents is 1. The number of hydrogen-bond donors (Lipinski definition) is 0. The Morgan fingerprint density at radius 1 is 1.04 bits per heavy atom. The zero-order valence-electron chi connectivity index (χ0n) is 13.0. The molecule has 120 valence electrons. The number of nitrogens with zero attached hydrogens (tertiary/aromatic N) is 2. The number of rotatable bonds is 2. The van der Waals surface area contributed by atoms with E-state index < -0.39 is 0 Å². The molecule has 2 bridgehead atoms. The molecule has 0 aromatic heterocycles. The molecule has 2 aromatic carbocycles. The van der Waals surface area contributed by atoms with E-state index in [2.05, 4.69) is 12.2 Å². The minimum atomic E-state index is -0.364. The van der Waals surface area contributed by atoms with Crippen molar-refractivity contribution in [3.8, 4) is 0 Å². The first-order valence-corrected chi connectivity index (χ1v) is 8.31. The van der Waals surface area contributed by atoms with Gasteiger partial charge in [-0.1, -0.05) is 30.4 Å². The molecule has 24 heavy (non-hydrogen) atoms. The number of benzene rings is 2. The molecule has 1 saturated heterocycles. The molecule has 1 saturated carbocycles. The topological polar surface area (TPSA) is 63.5 Å². The largest absolute Gasteiger partial charge is 0.311 e. The molecule has 2 fully saturated rings. The van der Waals surface area contributed by atoms with Crippen molar-refractivity contribution in [2.75, 3.05) is 11.4 Å². The summed E-state index contributed by atoms with van der Waals surface area (Å²) in [4.78, 5) is 25.8. The molecular formula is C19H16N2O3. The van der Waals surface area contributed by atoms with Gasteiger partial charge in [0.05, 0.1) is 16.0 Å². The summed E-state index contributed by atoms with van der Waals surface area (Å²) in [7, 11) is 0. The van der Waals surface area contributed by atoms with E-state index in [9.17, 15) is 14.9 Å². The van der Waals surface area contributed by atoms with Crippen LogP contribution in [0.3, 0.4) is 0 Å². The Labute approximate surface area is 138 Å². The SMILES string of the molecule is O=C1[C@@H]2[C@H](CN1c1ccc([N+](=O)[O-])c3ccccc13)[C@@H]1C=C[C@H]2C1. The number of anilines is 1. The van der Waals surface area contributed by atoms with Crippen LogP contribution >= 0.6 is 0 Å². The third-order valence-corrected chi connectivity index (χ3v) is 5.93. The van der Waals surface area contributed by atoms with Crippen LogP contribution in [0.2, 0.25) is 0 Å². The molecule has 2 aliphatic carbocycles. The lowest BCUT2D eigenvalue weighted by molar-refractivity contribution is -0.383. The van der Waals surface area contributed by atoms with E-state index in [0.717, 1.165) is 24.0 Å². The van der Waals surface area contributed by atoms with E-state index in [1.165, 1.54) is 6.07 Å². The molecule has 0 N–H and O–H groups in total. The third-order valence-electron chi connectivity index (χ3n) is 5.93. The number of fused-ring (bicyclic) bond motifs is 6. The third kappa shape index (κ3) is 1.67. The van der Waals surface area contributed by atoms with Gasteiger partial charge < -0.3 is 4.90 Å². The van der Waals surface area contributed by atoms with Gasteiger partial charge in [-0.3, -0.25) is 14.9 Å². The van der Waals surface area contributed by atoms with Crippen LogP contribution in [-0.2, 0) is 4.79 Å². The van der Waals surface area contributed by atoms with Crippen LogP contribution in [0.1, 0.15) is 6.42 Å². The number of allylic oxidation sites excluding steroid dienone is 2. The second-order valence-corrected chi connectivity index (χ2v) is 6.99. The fourth-order valence-corrected chi connectivity index (χ4v) is 4.90.